The Kier molecular flexibility index (Phi) is 4.11. The summed E-state index contributed by atoms with van der Waals surface area (Å²) in [5, 5.41) is 1.60. The molecule has 1 aromatic rings. The van der Waals surface area contributed by atoms with E-state index in [0.29, 0.717) is 0 Å². The van der Waals surface area contributed by atoms with Crippen LogP contribution in [0.5, 0.6) is 0 Å². The zero-order chi connectivity index (χ0) is 12.3. The number of halogens is 1. The predicted octanol–water partition coefficient (Wildman–Crippen LogP) is 0.861. The highest BCUT2D eigenvalue weighted by Gasteiger charge is 2.18. The Morgan fingerprint density at radius 1 is 1.50 bits per heavy atom. The molecule has 0 unspecified atom stereocenters. The number of nitrogens with two attached hydrogens (primary N) is 2. The summed E-state index contributed by atoms with van der Waals surface area (Å²) < 4.78 is 13.4. The summed E-state index contributed by atoms with van der Waals surface area (Å²) in [6.07, 6.45) is 0. The monoisotopic (exact) mass is 244 g/mol. The van der Waals surface area contributed by atoms with E-state index in [1.807, 2.05) is 0 Å². The number of hydrogen-bond donors (Lipinski definition) is 3. The lowest BCUT2D eigenvalue weighted by molar-refractivity contribution is 0.216. The largest absolute Gasteiger partial charge is 0.352 e. The lowest BCUT2D eigenvalue weighted by Gasteiger charge is -2.22. The van der Waals surface area contributed by atoms with Crippen molar-refractivity contribution in [3.8, 4) is 0 Å². The fourth-order valence-corrected chi connectivity index (χ4v) is 1.52. The van der Waals surface area contributed by atoms with Crippen molar-refractivity contribution >= 4 is 24.3 Å². The van der Waals surface area contributed by atoms with Gasteiger partial charge in [0.1, 0.15) is 5.82 Å². The van der Waals surface area contributed by atoms with Crippen LogP contribution in [-0.4, -0.2) is 18.1 Å². The van der Waals surface area contributed by atoms with Crippen molar-refractivity contribution in [1.29, 1.82) is 0 Å². The van der Waals surface area contributed by atoms with Gasteiger partial charge in [0.05, 0.1) is 5.69 Å². The van der Waals surface area contributed by atoms with Gasteiger partial charge in [-0.15, -0.1) is 0 Å². The van der Waals surface area contributed by atoms with Gasteiger partial charge in [-0.25, -0.2) is 25.9 Å². The van der Waals surface area contributed by atoms with Gasteiger partial charge in [-0.1, -0.05) is 6.07 Å². The highest BCUT2D eigenvalue weighted by atomic mass is 32.1. The Balaban J connectivity index is 3.13. The van der Waals surface area contributed by atoms with E-state index in [9.17, 15) is 9.18 Å². The van der Waals surface area contributed by atoms with Gasteiger partial charge >= 0.3 is 6.03 Å². The van der Waals surface area contributed by atoms with Crippen LogP contribution in [0.3, 0.4) is 0 Å². The Morgan fingerprint density at radius 3 is 2.62 bits per heavy atom. The maximum absolute atomic E-state index is 13.4. The number of hydrogen-bond acceptors (Lipinski definition) is 4. The van der Waals surface area contributed by atoms with E-state index in [2.05, 4.69) is 12.6 Å². The third kappa shape index (κ3) is 2.43. The summed E-state index contributed by atoms with van der Waals surface area (Å²) in [4.78, 5) is 11.5. The quantitative estimate of drug-likeness (QED) is 0.312. The number of benzene rings is 1. The number of urea groups is 1. The molecule has 0 bridgehead atoms. The van der Waals surface area contributed by atoms with Crippen LogP contribution in [0, 0.1) is 5.82 Å². The average molecular weight is 244 g/mol. The van der Waals surface area contributed by atoms with E-state index < -0.39 is 11.8 Å². The first kappa shape index (κ1) is 12.8. The molecule has 2 amide bonds. The van der Waals surface area contributed by atoms with E-state index in [1.165, 1.54) is 25.2 Å². The third-order valence-electron chi connectivity index (χ3n) is 2.02. The maximum atomic E-state index is 13.4. The molecule has 0 aliphatic heterocycles. The molecule has 0 atom stereocenters. The Bertz CT molecular complexity index is 399. The molecule has 0 radical (unpaired) electrons. The molecular weight excluding hydrogens is 231 g/mol. The molecule has 0 saturated heterocycles. The highest BCUT2D eigenvalue weighted by molar-refractivity contribution is 7.79. The fraction of sp³-hybridized carbons (Fsp3) is 0.222. The van der Waals surface area contributed by atoms with E-state index >= 15 is 0 Å². The van der Waals surface area contributed by atoms with Crippen LogP contribution >= 0.6 is 12.6 Å². The normalized spacial score (nSPS) is 10.1. The highest BCUT2D eigenvalue weighted by Crippen LogP contribution is 2.23. The van der Waals surface area contributed by atoms with E-state index in [0.717, 1.165) is 10.0 Å². The van der Waals surface area contributed by atoms with Gasteiger partial charge in [-0.05, 0) is 12.1 Å². The van der Waals surface area contributed by atoms with Gasteiger partial charge in [0.2, 0.25) is 0 Å². The van der Waals surface area contributed by atoms with Crippen molar-refractivity contribution in [3.05, 3.63) is 29.6 Å². The fourth-order valence-electron chi connectivity index (χ4n) is 1.20. The summed E-state index contributed by atoms with van der Waals surface area (Å²) in [5.74, 6) is 10.5. The Hall–Kier alpha value is -1.31. The van der Waals surface area contributed by atoms with E-state index in [-0.39, 0.29) is 17.0 Å². The molecule has 1 aromatic carbocycles. The minimum Gasteiger partial charge on any atom is -0.264 e. The second-order valence-electron chi connectivity index (χ2n) is 3.16. The zero-order valence-corrected chi connectivity index (χ0v) is 9.62. The number of nitrogens with zero attached hydrogens (tertiary/aromatic N) is 2. The average Bonchev–Trinajstić information content (AvgIpc) is 2.26. The van der Waals surface area contributed by atoms with Crippen LogP contribution in [-0.2, 0) is 5.75 Å². The van der Waals surface area contributed by atoms with Gasteiger partial charge in [-0.2, -0.15) is 12.6 Å². The Labute approximate surface area is 98.1 Å². The van der Waals surface area contributed by atoms with Crippen LogP contribution in [0.1, 0.15) is 5.56 Å². The van der Waals surface area contributed by atoms with Crippen molar-refractivity contribution in [3.63, 3.8) is 0 Å². The van der Waals surface area contributed by atoms with Crippen molar-refractivity contribution in [2.24, 2.45) is 11.7 Å². The lowest BCUT2D eigenvalue weighted by atomic mass is 10.2. The van der Waals surface area contributed by atoms with Crippen LogP contribution in [0.25, 0.3) is 0 Å². The van der Waals surface area contributed by atoms with Gasteiger partial charge in [0.15, 0.2) is 0 Å². The molecule has 5 nitrogen and oxygen atoms in total. The maximum Gasteiger partial charge on any atom is 0.352 e. The zero-order valence-electron chi connectivity index (χ0n) is 8.72. The van der Waals surface area contributed by atoms with Crippen molar-refractivity contribution in [2.45, 2.75) is 5.75 Å². The third-order valence-corrected chi connectivity index (χ3v) is 2.34. The second kappa shape index (κ2) is 5.15. The number of carbonyl (C=O) groups excluding carboxylic acids is 1. The Morgan fingerprint density at radius 2 is 2.12 bits per heavy atom. The molecule has 16 heavy (non-hydrogen) atoms. The SMILES string of the molecule is CN(N)C(=O)N(N)c1cccc(F)c1CS. The van der Waals surface area contributed by atoms with Crippen molar-refractivity contribution in [2.75, 3.05) is 12.1 Å². The van der Waals surface area contributed by atoms with Crippen molar-refractivity contribution < 1.29 is 9.18 Å². The van der Waals surface area contributed by atoms with Gasteiger partial charge in [0.25, 0.3) is 0 Å². The van der Waals surface area contributed by atoms with Gasteiger partial charge in [0, 0.05) is 18.4 Å². The van der Waals surface area contributed by atoms with Crippen LogP contribution in [0.15, 0.2) is 18.2 Å². The molecule has 0 saturated carbocycles. The summed E-state index contributed by atoms with van der Waals surface area (Å²) in [6.45, 7) is 0. The molecule has 1 rings (SSSR count). The van der Waals surface area contributed by atoms with Gasteiger partial charge < -0.3 is 0 Å². The number of anilines is 1. The first-order valence-electron chi connectivity index (χ1n) is 4.44. The lowest BCUT2D eigenvalue weighted by Crippen LogP contribution is -2.49. The molecule has 0 fully saturated rings. The molecule has 7 heteroatoms. The second-order valence-corrected chi connectivity index (χ2v) is 3.48. The molecule has 0 aromatic heterocycles. The standard InChI is InChI=1S/C9H13FN4OS/c1-13(11)9(15)14(12)8-4-2-3-7(10)6(8)5-16/h2-4,16H,5,11-12H2,1H3. The minimum absolute atomic E-state index is 0.136. The molecule has 0 heterocycles. The van der Waals surface area contributed by atoms with Crippen LogP contribution < -0.4 is 16.7 Å². The number of rotatable bonds is 2. The summed E-state index contributed by atoms with van der Waals surface area (Å²) >= 11 is 3.99. The van der Waals surface area contributed by atoms with Crippen molar-refractivity contribution in [1.82, 2.24) is 5.01 Å². The summed E-state index contributed by atoms with van der Waals surface area (Å²) in [7, 11) is 1.35. The van der Waals surface area contributed by atoms with Crippen LogP contribution in [0.4, 0.5) is 14.9 Å². The molecule has 0 aliphatic rings. The number of hydrazine groups is 2. The van der Waals surface area contributed by atoms with E-state index in [1.54, 1.807) is 0 Å². The molecule has 0 spiro atoms. The molecule has 0 aliphatic carbocycles. The number of thiol groups is 1. The first-order valence-corrected chi connectivity index (χ1v) is 5.07. The predicted molar refractivity (Wildman–Crippen MR) is 63.1 cm³/mol. The molecule has 4 N–H and O–H groups in total. The topological polar surface area (TPSA) is 75.6 Å². The van der Waals surface area contributed by atoms with Gasteiger partial charge in [-0.3, -0.25) is 5.01 Å². The number of amides is 2. The number of carbonyl (C=O) groups is 1. The molecule has 88 valence electrons. The first-order chi connectivity index (χ1) is 7.49. The molecular formula is C9H13FN4OS. The summed E-state index contributed by atoms with van der Waals surface area (Å²) in [6, 6.07) is 3.62. The smallest absolute Gasteiger partial charge is 0.264 e. The van der Waals surface area contributed by atoms with E-state index in [4.69, 9.17) is 11.7 Å². The minimum atomic E-state index is -0.645. The van der Waals surface area contributed by atoms with Crippen LogP contribution in [0.2, 0.25) is 0 Å². The summed E-state index contributed by atoms with van der Waals surface area (Å²) in [5.41, 5.74) is 0.501.